The van der Waals surface area contributed by atoms with Crippen molar-refractivity contribution in [3.63, 3.8) is 0 Å². The number of carbonyl (C=O) groups is 1. The third-order valence-electron chi connectivity index (χ3n) is 3.29. The number of aromatic amines is 1. The summed E-state index contributed by atoms with van der Waals surface area (Å²) in [7, 11) is 0. The van der Waals surface area contributed by atoms with Gasteiger partial charge in [0.15, 0.2) is 0 Å². The lowest BCUT2D eigenvalue weighted by molar-refractivity contribution is 0.0528. The maximum absolute atomic E-state index is 12.0. The number of ether oxygens (including phenoxy) is 1. The van der Waals surface area contributed by atoms with E-state index in [0.717, 1.165) is 22.5 Å². The van der Waals surface area contributed by atoms with E-state index in [1.807, 2.05) is 31.2 Å². The Balaban J connectivity index is 2.15. The third-order valence-corrected chi connectivity index (χ3v) is 3.29. The predicted molar refractivity (Wildman–Crippen MR) is 80.0 cm³/mol. The second-order valence-electron chi connectivity index (χ2n) is 4.70. The van der Waals surface area contributed by atoms with Gasteiger partial charge in [-0.3, -0.25) is 4.98 Å². The van der Waals surface area contributed by atoms with Crippen LogP contribution in [0.5, 0.6) is 0 Å². The summed E-state index contributed by atoms with van der Waals surface area (Å²) >= 11 is 0. The maximum Gasteiger partial charge on any atom is 0.341 e. The first-order valence-corrected chi connectivity index (χ1v) is 6.77. The Labute approximate surface area is 122 Å². The Hall–Kier alpha value is -2.69. The van der Waals surface area contributed by atoms with Gasteiger partial charge in [-0.1, -0.05) is 24.3 Å². The molecule has 0 unspecified atom stereocenters. The second kappa shape index (κ2) is 5.36. The molecular formula is C16H15N3O2. The molecule has 0 aliphatic carbocycles. The van der Waals surface area contributed by atoms with Crippen molar-refractivity contribution < 1.29 is 9.53 Å². The number of benzene rings is 1. The number of carbonyl (C=O) groups excluding carboxylic acids is 1. The standard InChI is InChI=1S/C16H15N3O2/c1-3-21-16(20)12-8-17-9-13-14(12)19-15(18-13)11-7-5-4-6-10(11)2/h4-9H,3H2,1-2H3,(H,18,19). The van der Waals surface area contributed by atoms with Gasteiger partial charge in [0, 0.05) is 11.8 Å². The zero-order chi connectivity index (χ0) is 14.8. The molecule has 3 rings (SSSR count). The number of fused-ring (bicyclic) bond motifs is 1. The van der Waals surface area contributed by atoms with Gasteiger partial charge >= 0.3 is 5.97 Å². The number of H-pyrrole nitrogens is 1. The van der Waals surface area contributed by atoms with E-state index < -0.39 is 5.97 Å². The van der Waals surface area contributed by atoms with Crippen LogP contribution < -0.4 is 0 Å². The minimum absolute atomic E-state index is 0.324. The Morgan fingerprint density at radius 3 is 2.86 bits per heavy atom. The number of esters is 1. The molecule has 5 heteroatoms. The average molecular weight is 281 g/mol. The number of nitrogens with one attached hydrogen (secondary N) is 1. The molecular weight excluding hydrogens is 266 g/mol. The highest BCUT2D eigenvalue weighted by Crippen LogP contribution is 2.24. The van der Waals surface area contributed by atoms with Crippen LogP contribution in [-0.4, -0.2) is 27.5 Å². The highest BCUT2D eigenvalue weighted by molar-refractivity contribution is 6.02. The molecule has 1 aromatic carbocycles. The third kappa shape index (κ3) is 2.38. The minimum Gasteiger partial charge on any atom is -0.462 e. The summed E-state index contributed by atoms with van der Waals surface area (Å²) in [5.74, 6) is 0.320. The van der Waals surface area contributed by atoms with E-state index in [1.54, 1.807) is 13.1 Å². The zero-order valence-corrected chi connectivity index (χ0v) is 11.9. The van der Waals surface area contributed by atoms with E-state index in [-0.39, 0.29) is 0 Å². The van der Waals surface area contributed by atoms with E-state index in [9.17, 15) is 4.79 Å². The van der Waals surface area contributed by atoms with Gasteiger partial charge in [0.25, 0.3) is 0 Å². The van der Waals surface area contributed by atoms with Crippen LogP contribution in [0.1, 0.15) is 22.8 Å². The van der Waals surface area contributed by atoms with Gasteiger partial charge in [-0.15, -0.1) is 0 Å². The van der Waals surface area contributed by atoms with Crippen LogP contribution in [0, 0.1) is 6.92 Å². The molecule has 5 nitrogen and oxygen atoms in total. The van der Waals surface area contributed by atoms with Gasteiger partial charge in [0.2, 0.25) is 0 Å². The van der Waals surface area contributed by atoms with Crippen molar-refractivity contribution in [3.05, 3.63) is 47.8 Å². The fourth-order valence-corrected chi connectivity index (χ4v) is 2.26. The van der Waals surface area contributed by atoms with E-state index in [4.69, 9.17) is 4.74 Å². The molecule has 0 amide bonds. The van der Waals surface area contributed by atoms with Crippen molar-refractivity contribution in [2.75, 3.05) is 6.61 Å². The number of imidazole rings is 1. The number of nitrogens with zero attached hydrogens (tertiary/aromatic N) is 2. The van der Waals surface area contributed by atoms with Gasteiger partial charge in [0.1, 0.15) is 16.9 Å². The molecule has 106 valence electrons. The summed E-state index contributed by atoms with van der Waals surface area (Å²) in [6.07, 6.45) is 3.15. The van der Waals surface area contributed by atoms with Crippen molar-refractivity contribution in [2.24, 2.45) is 0 Å². The number of pyridine rings is 1. The van der Waals surface area contributed by atoms with Crippen molar-refractivity contribution in [2.45, 2.75) is 13.8 Å². The molecule has 0 aliphatic heterocycles. The molecule has 2 heterocycles. The SMILES string of the molecule is CCOC(=O)c1cncc2[nH]c(-c3ccccc3C)nc12. The van der Waals surface area contributed by atoms with Gasteiger partial charge < -0.3 is 9.72 Å². The Bertz CT molecular complexity index is 808. The summed E-state index contributed by atoms with van der Waals surface area (Å²) in [5, 5.41) is 0. The second-order valence-corrected chi connectivity index (χ2v) is 4.70. The van der Waals surface area contributed by atoms with Gasteiger partial charge in [-0.2, -0.15) is 0 Å². The monoisotopic (exact) mass is 281 g/mol. The van der Waals surface area contributed by atoms with E-state index >= 15 is 0 Å². The molecule has 0 radical (unpaired) electrons. The Morgan fingerprint density at radius 2 is 2.10 bits per heavy atom. The summed E-state index contributed by atoms with van der Waals surface area (Å²) < 4.78 is 5.04. The summed E-state index contributed by atoms with van der Waals surface area (Å²) in [6, 6.07) is 7.95. The molecule has 0 saturated heterocycles. The number of aromatic nitrogens is 3. The summed E-state index contributed by atoms with van der Waals surface area (Å²) in [4.78, 5) is 23.8. The normalized spacial score (nSPS) is 10.8. The fourth-order valence-electron chi connectivity index (χ4n) is 2.26. The zero-order valence-electron chi connectivity index (χ0n) is 11.9. The van der Waals surface area contributed by atoms with Crippen molar-refractivity contribution in [1.29, 1.82) is 0 Å². The molecule has 0 atom stereocenters. The van der Waals surface area contributed by atoms with Crippen molar-refractivity contribution in [3.8, 4) is 11.4 Å². The van der Waals surface area contributed by atoms with E-state index in [1.165, 1.54) is 6.20 Å². The smallest absolute Gasteiger partial charge is 0.341 e. The molecule has 0 aliphatic rings. The van der Waals surface area contributed by atoms with E-state index in [2.05, 4.69) is 15.0 Å². The lowest BCUT2D eigenvalue weighted by atomic mass is 10.1. The number of aryl methyl sites for hydroxylation is 1. The number of rotatable bonds is 3. The minimum atomic E-state index is -0.404. The van der Waals surface area contributed by atoms with Crippen molar-refractivity contribution >= 4 is 17.0 Å². The van der Waals surface area contributed by atoms with E-state index in [0.29, 0.717) is 17.7 Å². The highest BCUT2D eigenvalue weighted by atomic mass is 16.5. The topological polar surface area (TPSA) is 67.9 Å². The Morgan fingerprint density at radius 1 is 1.29 bits per heavy atom. The fraction of sp³-hybridized carbons (Fsp3) is 0.188. The van der Waals surface area contributed by atoms with Crippen LogP contribution in [-0.2, 0) is 4.74 Å². The summed E-state index contributed by atoms with van der Waals surface area (Å²) in [5.41, 5.74) is 3.80. The lowest BCUT2D eigenvalue weighted by Gasteiger charge is -2.01. The predicted octanol–water partition coefficient (Wildman–Crippen LogP) is 3.11. The molecule has 0 bridgehead atoms. The molecule has 0 saturated carbocycles. The van der Waals surface area contributed by atoms with Crippen LogP contribution in [0.15, 0.2) is 36.7 Å². The first-order chi connectivity index (χ1) is 10.2. The Kier molecular flexibility index (Phi) is 3.39. The molecule has 2 aromatic heterocycles. The van der Waals surface area contributed by atoms with Crippen molar-refractivity contribution in [1.82, 2.24) is 15.0 Å². The van der Waals surface area contributed by atoms with Crippen LogP contribution in [0.3, 0.4) is 0 Å². The highest BCUT2D eigenvalue weighted by Gasteiger charge is 2.16. The molecule has 3 aromatic rings. The quantitative estimate of drug-likeness (QED) is 0.749. The first kappa shape index (κ1) is 13.3. The van der Waals surface area contributed by atoms with Crippen LogP contribution >= 0.6 is 0 Å². The van der Waals surface area contributed by atoms with Gasteiger partial charge in [-0.05, 0) is 19.4 Å². The number of hydrogen-bond acceptors (Lipinski definition) is 4. The molecule has 21 heavy (non-hydrogen) atoms. The van der Waals surface area contributed by atoms with Crippen LogP contribution in [0.25, 0.3) is 22.4 Å². The van der Waals surface area contributed by atoms with Gasteiger partial charge in [-0.25, -0.2) is 9.78 Å². The summed E-state index contributed by atoms with van der Waals surface area (Å²) in [6.45, 7) is 4.12. The number of hydrogen-bond donors (Lipinski definition) is 1. The van der Waals surface area contributed by atoms with Crippen LogP contribution in [0.2, 0.25) is 0 Å². The molecule has 0 fully saturated rings. The first-order valence-electron chi connectivity index (χ1n) is 6.77. The van der Waals surface area contributed by atoms with Crippen LogP contribution in [0.4, 0.5) is 0 Å². The molecule has 0 spiro atoms. The molecule has 1 N–H and O–H groups in total. The lowest BCUT2D eigenvalue weighted by Crippen LogP contribution is -2.05. The maximum atomic E-state index is 12.0. The van der Waals surface area contributed by atoms with Gasteiger partial charge in [0.05, 0.1) is 18.3 Å². The largest absolute Gasteiger partial charge is 0.462 e. The average Bonchev–Trinajstić information content (AvgIpc) is 2.91.